The molecule has 4 rings (SSSR count). The van der Waals surface area contributed by atoms with Crippen molar-refractivity contribution in [1.29, 1.82) is 0 Å². The Balaban J connectivity index is 1.26. The van der Waals surface area contributed by atoms with Crippen molar-refractivity contribution >= 4 is 27.2 Å². The van der Waals surface area contributed by atoms with Gasteiger partial charge < -0.3 is 10.2 Å². The van der Waals surface area contributed by atoms with Gasteiger partial charge in [-0.1, -0.05) is 23.5 Å². The maximum Gasteiger partial charge on any atom is 0.391 e. The molecule has 30 heavy (non-hydrogen) atoms. The molecule has 9 heteroatoms. The number of nitrogens with one attached hydrogen (secondary N) is 1. The third-order valence-electron chi connectivity index (χ3n) is 5.46. The molecule has 0 saturated carbocycles. The highest BCUT2D eigenvalue weighted by Gasteiger charge is 2.40. The summed E-state index contributed by atoms with van der Waals surface area (Å²) >= 11 is 1.52. The van der Waals surface area contributed by atoms with Crippen molar-refractivity contribution in [2.45, 2.75) is 25.4 Å². The van der Waals surface area contributed by atoms with Crippen molar-refractivity contribution in [2.75, 3.05) is 31.5 Å². The van der Waals surface area contributed by atoms with Crippen LogP contribution in [0.2, 0.25) is 0 Å². The number of rotatable bonds is 6. The Bertz CT molecular complexity index is 996. The van der Waals surface area contributed by atoms with Crippen LogP contribution in [0.15, 0.2) is 36.7 Å². The van der Waals surface area contributed by atoms with E-state index in [2.05, 4.69) is 20.2 Å². The molecule has 0 amide bonds. The molecule has 1 aromatic carbocycles. The number of pyridine rings is 1. The number of anilines is 1. The highest BCUT2D eigenvalue weighted by atomic mass is 32.1. The lowest BCUT2D eigenvalue weighted by molar-refractivity contribution is -0.185. The van der Waals surface area contributed by atoms with E-state index in [0.717, 1.165) is 39.3 Å². The van der Waals surface area contributed by atoms with Gasteiger partial charge in [0.05, 0.1) is 10.8 Å². The van der Waals surface area contributed by atoms with E-state index in [4.69, 9.17) is 0 Å². The molecule has 1 N–H and O–H groups in total. The number of aromatic nitrogens is 2. The molecule has 1 aliphatic rings. The molecule has 0 unspecified atom stereocenters. The van der Waals surface area contributed by atoms with Gasteiger partial charge in [-0.3, -0.25) is 0 Å². The maximum absolute atomic E-state index is 13.4. The van der Waals surface area contributed by atoms with Gasteiger partial charge in [-0.15, -0.1) is 0 Å². The first kappa shape index (κ1) is 21.0. The van der Waals surface area contributed by atoms with E-state index in [9.17, 15) is 17.6 Å². The van der Waals surface area contributed by atoms with Crippen molar-refractivity contribution in [1.82, 2.24) is 14.9 Å². The molecule has 0 aliphatic carbocycles. The summed E-state index contributed by atoms with van der Waals surface area (Å²) in [5, 5.41) is 5.74. The number of likely N-dealkylation sites (tertiary alicyclic amines) is 1. The summed E-state index contributed by atoms with van der Waals surface area (Å²) in [6, 6.07) is 7.20. The third-order valence-corrected chi connectivity index (χ3v) is 6.46. The molecule has 3 heterocycles. The van der Waals surface area contributed by atoms with Crippen molar-refractivity contribution in [2.24, 2.45) is 5.92 Å². The second kappa shape index (κ2) is 8.85. The molecule has 4 nitrogen and oxygen atoms in total. The fraction of sp³-hybridized carbons (Fsp3) is 0.429. The average Bonchev–Trinajstić information content (AvgIpc) is 3.19. The molecule has 160 valence electrons. The molecule has 1 saturated heterocycles. The van der Waals surface area contributed by atoms with Crippen LogP contribution in [0, 0.1) is 11.9 Å². The number of halogens is 4. The number of piperidine rings is 1. The zero-order valence-corrected chi connectivity index (χ0v) is 17.1. The molecule has 0 atom stereocenters. The van der Waals surface area contributed by atoms with E-state index >= 15 is 0 Å². The van der Waals surface area contributed by atoms with Crippen molar-refractivity contribution in [3.63, 3.8) is 0 Å². The molecule has 0 spiro atoms. The molecular formula is C21H22F4N4S. The molecule has 0 radical (unpaired) electrons. The number of nitrogens with zero attached hydrogens (tertiary/aromatic N) is 3. The smallest absolute Gasteiger partial charge is 0.361 e. The lowest BCUT2D eigenvalue weighted by atomic mass is 9.96. The van der Waals surface area contributed by atoms with E-state index < -0.39 is 18.0 Å². The van der Waals surface area contributed by atoms with E-state index in [1.807, 2.05) is 18.2 Å². The van der Waals surface area contributed by atoms with Gasteiger partial charge >= 0.3 is 6.18 Å². The van der Waals surface area contributed by atoms with Gasteiger partial charge in [0.25, 0.3) is 0 Å². The van der Waals surface area contributed by atoms with E-state index in [1.165, 1.54) is 23.6 Å². The van der Waals surface area contributed by atoms with Crippen LogP contribution in [0.25, 0.3) is 21.2 Å². The highest BCUT2D eigenvalue weighted by Crippen LogP contribution is 2.34. The first-order chi connectivity index (χ1) is 14.4. The topological polar surface area (TPSA) is 41.1 Å². The van der Waals surface area contributed by atoms with Gasteiger partial charge in [0, 0.05) is 30.4 Å². The number of fused-ring (bicyclic) bond motifs is 1. The number of hydrogen-bond donors (Lipinski definition) is 1. The van der Waals surface area contributed by atoms with Crippen molar-refractivity contribution < 1.29 is 17.6 Å². The summed E-state index contributed by atoms with van der Waals surface area (Å²) in [5.41, 5.74) is 0.964. The van der Waals surface area contributed by atoms with E-state index in [1.54, 1.807) is 6.20 Å². The summed E-state index contributed by atoms with van der Waals surface area (Å²) in [7, 11) is 0. The SMILES string of the molecule is Fc1cc2cc(-c3cnc(NCCCN4CCC(C(F)(F)F)CC4)s3)ccc2cn1. The van der Waals surface area contributed by atoms with Gasteiger partial charge in [0.2, 0.25) is 5.95 Å². The fourth-order valence-corrected chi connectivity index (χ4v) is 4.58. The second-order valence-electron chi connectivity index (χ2n) is 7.54. The normalized spacial score (nSPS) is 16.3. The summed E-state index contributed by atoms with van der Waals surface area (Å²) in [4.78, 5) is 11.1. The minimum absolute atomic E-state index is 0.193. The monoisotopic (exact) mass is 438 g/mol. The van der Waals surface area contributed by atoms with Crippen LogP contribution in [-0.4, -0.2) is 47.2 Å². The van der Waals surface area contributed by atoms with Gasteiger partial charge in [-0.05, 0) is 55.9 Å². The van der Waals surface area contributed by atoms with E-state index in [0.29, 0.717) is 19.6 Å². The minimum Gasteiger partial charge on any atom is -0.361 e. The second-order valence-corrected chi connectivity index (χ2v) is 8.57. The zero-order valence-electron chi connectivity index (χ0n) is 16.3. The molecule has 2 aromatic heterocycles. The predicted molar refractivity (Wildman–Crippen MR) is 111 cm³/mol. The van der Waals surface area contributed by atoms with Gasteiger partial charge in [-0.2, -0.15) is 17.6 Å². The summed E-state index contributed by atoms with van der Waals surface area (Å²) in [6.07, 6.45) is 0.463. The lowest BCUT2D eigenvalue weighted by Gasteiger charge is -2.32. The van der Waals surface area contributed by atoms with Crippen LogP contribution in [0.5, 0.6) is 0 Å². The number of alkyl halides is 3. The van der Waals surface area contributed by atoms with Gasteiger partial charge in [0.15, 0.2) is 5.13 Å². The third kappa shape index (κ3) is 5.07. The number of benzene rings is 1. The Morgan fingerprint density at radius 2 is 1.87 bits per heavy atom. The Hall–Kier alpha value is -2.26. The van der Waals surface area contributed by atoms with Crippen LogP contribution < -0.4 is 5.32 Å². The highest BCUT2D eigenvalue weighted by molar-refractivity contribution is 7.18. The van der Waals surface area contributed by atoms with Crippen LogP contribution in [0.1, 0.15) is 19.3 Å². The molecule has 3 aromatic rings. The Kier molecular flexibility index (Phi) is 6.19. The summed E-state index contributed by atoms with van der Waals surface area (Å²) < 4.78 is 51.6. The standard InChI is InChI=1S/C21H22F4N4S/c22-19-11-16-10-14(2-3-15(16)12-27-19)18-13-28-20(30-18)26-6-1-7-29-8-4-17(5-9-29)21(23,24)25/h2-3,10-13,17H,1,4-9H2,(H,26,28). The van der Waals surface area contributed by atoms with Crippen LogP contribution in [0.4, 0.5) is 22.7 Å². The first-order valence-corrected chi connectivity index (χ1v) is 10.7. The molecule has 1 aliphatic heterocycles. The van der Waals surface area contributed by atoms with E-state index in [-0.39, 0.29) is 12.8 Å². The maximum atomic E-state index is 13.4. The molecular weight excluding hydrogens is 416 g/mol. The lowest BCUT2D eigenvalue weighted by Crippen LogP contribution is -2.39. The molecule has 1 fully saturated rings. The Labute approximate surface area is 176 Å². The van der Waals surface area contributed by atoms with Crippen molar-refractivity contribution in [3.8, 4) is 10.4 Å². The minimum atomic E-state index is -4.06. The summed E-state index contributed by atoms with van der Waals surface area (Å²) in [6.45, 7) is 2.49. The quantitative estimate of drug-likeness (QED) is 0.310. The van der Waals surface area contributed by atoms with Crippen LogP contribution in [-0.2, 0) is 0 Å². The molecule has 0 bridgehead atoms. The predicted octanol–water partition coefficient (Wildman–Crippen LogP) is 5.57. The fourth-order valence-electron chi connectivity index (χ4n) is 3.74. The van der Waals surface area contributed by atoms with Crippen LogP contribution in [0.3, 0.4) is 0 Å². The largest absolute Gasteiger partial charge is 0.391 e. The summed E-state index contributed by atoms with van der Waals surface area (Å²) in [5.74, 6) is -1.66. The van der Waals surface area contributed by atoms with Crippen LogP contribution >= 0.6 is 11.3 Å². The van der Waals surface area contributed by atoms with Crippen molar-refractivity contribution in [3.05, 3.63) is 42.6 Å². The Morgan fingerprint density at radius 3 is 2.63 bits per heavy atom. The number of hydrogen-bond acceptors (Lipinski definition) is 5. The zero-order chi connectivity index (χ0) is 21.1. The first-order valence-electron chi connectivity index (χ1n) is 9.93. The van der Waals surface area contributed by atoms with Gasteiger partial charge in [0.1, 0.15) is 0 Å². The number of thiazole rings is 1. The Morgan fingerprint density at radius 1 is 1.07 bits per heavy atom. The average molecular weight is 438 g/mol. The van der Waals surface area contributed by atoms with Gasteiger partial charge in [-0.25, -0.2) is 9.97 Å².